The van der Waals surface area contributed by atoms with Crippen molar-refractivity contribution in [1.82, 2.24) is 4.90 Å². The van der Waals surface area contributed by atoms with E-state index in [1.165, 1.54) is 0 Å². The van der Waals surface area contributed by atoms with Gasteiger partial charge in [-0.1, -0.05) is 55.3 Å². The van der Waals surface area contributed by atoms with E-state index >= 15 is 0 Å². The third kappa shape index (κ3) is 5.05. The van der Waals surface area contributed by atoms with Crippen LogP contribution in [0.3, 0.4) is 0 Å². The molecule has 0 bridgehead atoms. The highest BCUT2D eigenvalue weighted by atomic mass is 16.5. The molecule has 2 amide bonds. The van der Waals surface area contributed by atoms with Crippen molar-refractivity contribution in [3.63, 3.8) is 0 Å². The van der Waals surface area contributed by atoms with Crippen molar-refractivity contribution < 1.29 is 14.3 Å². The number of anilines is 1. The second-order valence-corrected chi connectivity index (χ2v) is 8.01. The van der Waals surface area contributed by atoms with Gasteiger partial charge >= 0.3 is 0 Å². The van der Waals surface area contributed by atoms with E-state index < -0.39 is 6.10 Å². The molecule has 1 saturated heterocycles. The Labute approximate surface area is 183 Å². The molecule has 3 aromatic carbocycles. The van der Waals surface area contributed by atoms with Crippen LogP contribution < -0.4 is 10.1 Å². The van der Waals surface area contributed by atoms with Gasteiger partial charge in [0.1, 0.15) is 5.75 Å². The quantitative estimate of drug-likeness (QED) is 0.617. The summed E-state index contributed by atoms with van der Waals surface area (Å²) in [7, 11) is 0. The van der Waals surface area contributed by atoms with Crippen LogP contribution in [0.1, 0.15) is 43.0 Å². The lowest BCUT2D eigenvalue weighted by Gasteiger charge is -2.22. The molecule has 0 spiro atoms. The third-order valence-electron chi connectivity index (χ3n) is 5.71. The van der Waals surface area contributed by atoms with Gasteiger partial charge < -0.3 is 15.0 Å². The van der Waals surface area contributed by atoms with Crippen LogP contribution in [0.4, 0.5) is 5.69 Å². The Morgan fingerprint density at radius 3 is 2.32 bits per heavy atom. The van der Waals surface area contributed by atoms with E-state index in [1.807, 2.05) is 59.5 Å². The van der Waals surface area contributed by atoms with Crippen LogP contribution in [0.5, 0.6) is 5.75 Å². The van der Waals surface area contributed by atoms with E-state index in [1.54, 1.807) is 19.1 Å². The van der Waals surface area contributed by atoms with Gasteiger partial charge in [0.05, 0.1) is 11.3 Å². The number of nitrogens with one attached hydrogen (secondary N) is 1. The maximum Gasteiger partial charge on any atom is 0.265 e. The van der Waals surface area contributed by atoms with Gasteiger partial charge in [0, 0.05) is 13.1 Å². The first-order valence-corrected chi connectivity index (χ1v) is 11.0. The highest BCUT2D eigenvalue weighted by Gasteiger charge is 2.22. The van der Waals surface area contributed by atoms with Crippen LogP contribution in [-0.2, 0) is 4.79 Å². The molecule has 0 aliphatic carbocycles. The summed E-state index contributed by atoms with van der Waals surface area (Å²) in [5.41, 5.74) is 1.05. The van der Waals surface area contributed by atoms with Crippen molar-refractivity contribution in [2.75, 3.05) is 18.4 Å². The Morgan fingerprint density at radius 1 is 0.871 bits per heavy atom. The van der Waals surface area contributed by atoms with Gasteiger partial charge in [0.15, 0.2) is 6.10 Å². The summed E-state index contributed by atoms with van der Waals surface area (Å²) in [6, 6.07) is 21.0. The van der Waals surface area contributed by atoms with E-state index in [2.05, 4.69) is 5.32 Å². The predicted octanol–water partition coefficient (Wildman–Crippen LogP) is 5.26. The smallest absolute Gasteiger partial charge is 0.265 e. The van der Waals surface area contributed by atoms with Crippen LogP contribution >= 0.6 is 0 Å². The SMILES string of the molecule is CC(Oc1ccc2ccccc2c1)C(=O)Nc1ccccc1C(=O)N1CCCCCC1. The molecule has 1 aliphatic heterocycles. The second-order valence-electron chi connectivity index (χ2n) is 8.01. The van der Waals surface area contributed by atoms with E-state index in [0.717, 1.165) is 49.5 Å². The van der Waals surface area contributed by atoms with Crippen LogP contribution in [0.15, 0.2) is 66.7 Å². The Balaban J connectivity index is 1.45. The fraction of sp³-hybridized carbons (Fsp3) is 0.308. The molecule has 1 fully saturated rings. The monoisotopic (exact) mass is 416 g/mol. The third-order valence-corrected chi connectivity index (χ3v) is 5.71. The van der Waals surface area contributed by atoms with Crippen LogP contribution in [0.2, 0.25) is 0 Å². The molecule has 1 heterocycles. The molecule has 0 aromatic heterocycles. The maximum absolute atomic E-state index is 13.1. The van der Waals surface area contributed by atoms with E-state index in [9.17, 15) is 9.59 Å². The zero-order chi connectivity index (χ0) is 21.6. The molecule has 160 valence electrons. The number of amides is 2. The first-order valence-electron chi connectivity index (χ1n) is 11.0. The standard InChI is InChI=1S/C26H28N2O3/c1-19(31-22-15-14-20-10-4-5-11-21(20)18-22)25(29)27-24-13-7-6-12-23(24)26(30)28-16-8-2-3-9-17-28/h4-7,10-15,18-19H,2-3,8-9,16-17H2,1H3,(H,27,29). The molecule has 0 saturated carbocycles. The van der Waals surface area contributed by atoms with Crippen LogP contribution in [-0.4, -0.2) is 35.9 Å². The van der Waals surface area contributed by atoms with Gasteiger partial charge in [-0.2, -0.15) is 0 Å². The van der Waals surface area contributed by atoms with Gasteiger partial charge in [0.25, 0.3) is 11.8 Å². The Bertz CT molecular complexity index is 1070. The summed E-state index contributed by atoms with van der Waals surface area (Å²) in [4.78, 5) is 27.8. The maximum atomic E-state index is 13.1. The lowest BCUT2D eigenvalue weighted by Crippen LogP contribution is -2.34. The van der Waals surface area contributed by atoms with Gasteiger partial charge in [0.2, 0.25) is 0 Å². The number of rotatable bonds is 5. The number of ether oxygens (including phenoxy) is 1. The molecular weight excluding hydrogens is 388 g/mol. The molecule has 4 rings (SSSR count). The van der Waals surface area contributed by atoms with Crippen molar-refractivity contribution >= 4 is 28.3 Å². The number of nitrogens with zero attached hydrogens (tertiary/aromatic N) is 1. The zero-order valence-electron chi connectivity index (χ0n) is 17.8. The summed E-state index contributed by atoms with van der Waals surface area (Å²) in [5, 5.41) is 5.07. The number of hydrogen-bond acceptors (Lipinski definition) is 3. The van der Waals surface area contributed by atoms with E-state index in [4.69, 9.17) is 4.74 Å². The van der Waals surface area contributed by atoms with Gasteiger partial charge in [-0.25, -0.2) is 0 Å². The molecule has 3 aromatic rings. The minimum atomic E-state index is -0.706. The zero-order valence-corrected chi connectivity index (χ0v) is 17.8. The lowest BCUT2D eigenvalue weighted by atomic mass is 10.1. The first-order chi connectivity index (χ1) is 15.1. The summed E-state index contributed by atoms with van der Waals surface area (Å²) < 4.78 is 5.88. The van der Waals surface area contributed by atoms with Crippen LogP contribution in [0, 0.1) is 0 Å². The largest absolute Gasteiger partial charge is 0.481 e. The van der Waals surface area contributed by atoms with Crippen molar-refractivity contribution in [2.45, 2.75) is 38.7 Å². The molecule has 1 unspecified atom stereocenters. The molecule has 0 radical (unpaired) electrons. The van der Waals surface area contributed by atoms with Crippen molar-refractivity contribution in [3.05, 3.63) is 72.3 Å². The van der Waals surface area contributed by atoms with E-state index in [0.29, 0.717) is 17.0 Å². The Hall–Kier alpha value is -3.34. The number of likely N-dealkylation sites (tertiary alicyclic amines) is 1. The minimum Gasteiger partial charge on any atom is -0.481 e. The summed E-state index contributed by atoms with van der Waals surface area (Å²) in [6.45, 7) is 3.24. The molecule has 5 nitrogen and oxygen atoms in total. The fourth-order valence-corrected chi connectivity index (χ4v) is 3.96. The fourth-order valence-electron chi connectivity index (χ4n) is 3.96. The molecule has 1 atom stereocenters. The van der Waals surface area contributed by atoms with Gasteiger partial charge in [-0.3, -0.25) is 9.59 Å². The van der Waals surface area contributed by atoms with Crippen molar-refractivity contribution in [1.29, 1.82) is 0 Å². The van der Waals surface area contributed by atoms with Crippen molar-refractivity contribution in [3.8, 4) is 5.75 Å². The molecule has 31 heavy (non-hydrogen) atoms. The van der Waals surface area contributed by atoms with Gasteiger partial charge in [-0.15, -0.1) is 0 Å². The topological polar surface area (TPSA) is 58.6 Å². The highest BCUT2D eigenvalue weighted by molar-refractivity contribution is 6.04. The normalized spacial score (nSPS) is 15.2. The van der Waals surface area contributed by atoms with Crippen LogP contribution in [0.25, 0.3) is 10.8 Å². The van der Waals surface area contributed by atoms with Gasteiger partial charge in [-0.05, 0) is 54.8 Å². The Morgan fingerprint density at radius 2 is 1.55 bits per heavy atom. The molecule has 5 heteroatoms. The average Bonchev–Trinajstić information content (AvgIpc) is 3.08. The molecule has 1 N–H and O–H groups in total. The number of benzene rings is 3. The number of fused-ring (bicyclic) bond motifs is 1. The average molecular weight is 417 g/mol. The van der Waals surface area contributed by atoms with E-state index in [-0.39, 0.29) is 11.8 Å². The highest BCUT2D eigenvalue weighted by Crippen LogP contribution is 2.23. The summed E-state index contributed by atoms with van der Waals surface area (Å²) >= 11 is 0. The minimum absolute atomic E-state index is 0.0269. The number of carbonyl (C=O) groups is 2. The predicted molar refractivity (Wildman–Crippen MR) is 123 cm³/mol. The second kappa shape index (κ2) is 9.65. The number of carbonyl (C=O) groups excluding carboxylic acids is 2. The summed E-state index contributed by atoms with van der Waals surface area (Å²) in [5.74, 6) is 0.320. The summed E-state index contributed by atoms with van der Waals surface area (Å²) in [6.07, 6.45) is 3.66. The van der Waals surface area contributed by atoms with Crippen molar-refractivity contribution in [2.24, 2.45) is 0 Å². The molecule has 1 aliphatic rings. The number of para-hydroxylation sites is 1. The first kappa shape index (κ1) is 20.9. The molecular formula is C26H28N2O3. The lowest BCUT2D eigenvalue weighted by molar-refractivity contribution is -0.122. The Kier molecular flexibility index (Phi) is 6.51. The number of hydrogen-bond donors (Lipinski definition) is 1.